The molecule has 0 radical (unpaired) electrons. The van der Waals surface area contributed by atoms with Crippen LogP contribution in [0.1, 0.15) is 5.89 Å². The number of H-pyrrole nitrogens is 1. The maximum absolute atomic E-state index is 10.7. The average Bonchev–Trinajstić information content (AvgIpc) is 3.51. The van der Waals surface area contributed by atoms with Crippen molar-refractivity contribution in [2.24, 2.45) is 0 Å². The van der Waals surface area contributed by atoms with Crippen molar-refractivity contribution in [2.75, 3.05) is 0 Å². The van der Waals surface area contributed by atoms with Crippen LogP contribution in [-0.2, 0) is 5.75 Å². The van der Waals surface area contributed by atoms with Crippen LogP contribution in [0, 0.1) is 10.1 Å². The molecule has 3 aromatic heterocycles. The topological polar surface area (TPSA) is 137 Å². The van der Waals surface area contributed by atoms with Crippen molar-refractivity contribution in [3.63, 3.8) is 0 Å². The zero-order valence-electron chi connectivity index (χ0n) is 15.2. The van der Waals surface area contributed by atoms with Gasteiger partial charge in [-0.2, -0.15) is 0 Å². The second-order valence-electron chi connectivity index (χ2n) is 6.21. The van der Waals surface area contributed by atoms with Crippen molar-refractivity contribution in [3.05, 3.63) is 70.7 Å². The van der Waals surface area contributed by atoms with E-state index in [1.165, 1.54) is 23.9 Å². The third-order valence-corrected chi connectivity index (χ3v) is 5.14. The van der Waals surface area contributed by atoms with Crippen molar-refractivity contribution >= 4 is 28.4 Å². The van der Waals surface area contributed by atoms with Gasteiger partial charge in [-0.15, -0.1) is 20.4 Å². The predicted octanol–water partition coefficient (Wildman–Crippen LogP) is 4.47. The average molecular weight is 420 g/mol. The molecule has 0 aliphatic carbocycles. The number of nitrogens with zero attached hydrogens (tertiary/aromatic N) is 5. The predicted molar refractivity (Wildman–Crippen MR) is 108 cm³/mol. The molecule has 5 aromatic rings. The second-order valence-corrected chi connectivity index (χ2v) is 7.14. The summed E-state index contributed by atoms with van der Waals surface area (Å²) in [6.07, 6.45) is 1.83. The quantitative estimate of drug-likeness (QED) is 0.239. The minimum Gasteiger partial charge on any atom is -0.420 e. The van der Waals surface area contributed by atoms with Crippen LogP contribution in [-0.4, -0.2) is 30.3 Å². The van der Waals surface area contributed by atoms with Crippen LogP contribution in [0.4, 0.5) is 5.69 Å². The number of aromatic nitrogens is 5. The Morgan fingerprint density at radius 2 is 1.77 bits per heavy atom. The molecule has 0 saturated carbocycles. The molecule has 0 fully saturated rings. The third-order valence-electron chi connectivity index (χ3n) is 4.34. The molecule has 30 heavy (non-hydrogen) atoms. The lowest BCUT2D eigenvalue weighted by atomic mass is 10.2. The van der Waals surface area contributed by atoms with Gasteiger partial charge in [0.05, 0.1) is 16.2 Å². The first-order valence-corrected chi connectivity index (χ1v) is 9.76. The number of para-hydroxylation sites is 1. The molecule has 0 aliphatic rings. The highest BCUT2D eigenvalue weighted by Crippen LogP contribution is 2.30. The van der Waals surface area contributed by atoms with Gasteiger partial charge in [-0.1, -0.05) is 30.0 Å². The van der Waals surface area contributed by atoms with E-state index < -0.39 is 4.92 Å². The normalized spacial score (nSPS) is 11.2. The molecule has 148 valence electrons. The van der Waals surface area contributed by atoms with Crippen LogP contribution in [0.2, 0.25) is 0 Å². The highest BCUT2D eigenvalue weighted by molar-refractivity contribution is 7.98. The minimum atomic E-state index is -0.464. The number of hydrogen-bond acceptors (Lipinski definition) is 9. The van der Waals surface area contributed by atoms with E-state index in [0.29, 0.717) is 28.3 Å². The Balaban J connectivity index is 1.28. The van der Waals surface area contributed by atoms with E-state index in [1.54, 1.807) is 12.1 Å². The number of nitro groups is 1. The van der Waals surface area contributed by atoms with Crippen molar-refractivity contribution in [1.82, 2.24) is 25.4 Å². The number of nitrogens with one attached hydrogen (secondary N) is 1. The number of aromatic amines is 1. The largest absolute Gasteiger partial charge is 0.420 e. The van der Waals surface area contributed by atoms with Gasteiger partial charge in [-0.3, -0.25) is 10.1 Å². The molecular weight excluding hydrogens is 408 g/mol. The molecule has 0 saturated heterocycles. The summed E-state index contributed by atoms with van der Waals surface area (Å²) in [6, 6.07) is 13.8. The lowest BCUT2D eigenvalue weighted by Gasteiger charge is -1.94. The van der Waals surface area contributed by atoms with Crippen molar-refractivity contribution in [1.29, 1.82) is 0 Å². The van der Waals surface area contributed by atoms with Crippen LogP contribution >= 0.6 is 11.8 Å². The first kappa shape index (κ1) is 18.1. The van der Waals surface area contributed by atoms with Crippen LogP contribution in [0.5, 0.6) is 0 Å². The van der Waals surface area contributed by atoms with E-state index in [9.17, 15) is 10.1 Å². The molecule has 0 spiro atoms. The zero-order chi connectivity index (χ0) is 20.5. The Morgan fingerprint density at radius 1 is 0.967 bits per heavy atom. The number of thioether (sulfide) groups is 1. The summed E-state index contributed by atoms with van der Waals surface area (Å²) < 4.78 is 11.4. The Hall–Kier alpha value is -3.99. The molecular formula is C19H12N6O4S. The molecule has 0 bridgehead atoms. The molecule has 10 nitrogen and oxygen atoms in total. The molecule has 0 amide bonds. The van der Waals surface area contributed by atoms with Gasteiger partial charge in [0, 0.05) is 34.8 Å². The fraction of sp³-hybridized carbons (Fsp3) is 0.0526. The van der Waals surface area contributed by atoms with E-state index in [2.05, 4.69) is 25.4 Å². The van der Waals surface area contributed by atoms with Crippen LogP contribution in [0.15, 0.2) is 68.8 Å². The number of benzene rings is 2. The molecule has 0 unspecified atom stereocenters. The fourth-order valence-electron chi connectivity index (χ4n) is 2.90. The maximum atomic E-state index is 10.7. The first-order chi connectivity index (χ1) is 14.7. The Morgan fingerprint density at radius 3 is 2.60 bits per heavy atom. The van der Waals surface area contributed by atoms with E-state index in [4.69, 9.17) is 8.83 Å². The zero-order valence-corrected chi connectivity index (χ0v) is 16.0. The fourth-order valence-corrected chi connectivity index (χ4v) is 3.50. The summed E-state index contributed by atoms with van der Waals surface area (Å²) in [5, 5.41) is 28.3. The van der Waals surface area contributed by atoms with Crippen LogP contribution in [0.3, 0.4) is 0 Å². The molecule has 0 atom stereocenters. The third kappa shape index (κ3) is 3.42. The highest BCUT2D eigenvalue weighted by atomic mass is 32.2. The summed E-state index contributed by atoms with van der Waals surface area (Å²) in [4.78, 5) is 13.5. The number of nitro benzene ring substituents is 1. The van der Waals surface area contributed by atoms with Crippen LogP contribution in [0.25, 0.3) is 33.8 Å². The summed E-state index contributed by atoms with van der Waals surface area (Å²) in [7, 11) is 0. The van der Waals surface area contributed by atoms with Crippen LogP contribution < -0.4 is 0 Å². The van der Waals surface area contributed by atoms with Gasteiger partial charge in [0.15, 0.2) is 0 Å². The van der Waals surface area contributed by atoms with Crippen molar-refractivity contribution in [3.8, 4) is 22.9 Å². The van der Waals surface area contributed by atoms with Gasteiger partial charge in [-0.25, -0.2) is 0 Å². The molecule has 3 heterocycles. The highest BCUT2D eigenvalue weighted by Gasteiger charge is 2.15. The Kier molecular flexibility index (Phi) is 4.48. The molecule has 11 heteroatoms. The Bertz CT molecular complexity index is 1340. The van der Waals surface area contributed by atoms with Gasteiger partial charge >= 0.3 is 0 Å². The second kappa shape index (κ2) is 7.44. The molecule has 1 N–H and O–H groups in total. The van der Waals surface area contributed by atoms with E-state index >= 15 is 0 Å². The van der Waals surface area contributed by atoms with Gasteiger partial charge < -0.3 is 13.8 Å². The van der Waals surface area contributed by atoms with E-state index in [-0.39, 0.29) is 11.6 Å². The van der Waals surface area contributed by atoms with E-state index in [1.807, 2.05) is 30.5 Å². The maximum Gasteiger partial charge on any atom is 0.277 e. The van der Waals surface area contributed by atoms with Gasteiger partial charge in [0.1, 0.15) is 0 Å². The van der Waals surface area contributed by atoms with Crippen molar-refractivity contribution in [2.45, 2.75) is 11.0 Å². The standard InChI is InChI=1S/C19H12N6O4S/c26-25(27)12-7-5-11(6-8-12)17-22-21-16(28-17)10-30-19-24-23-18(29-19)14-9-20-15-4-2-1-3-13(14)15/h1-9,20H,10H2. The molecule has 2 aromatic carbocycles. The number of rotatable bonds is 6. The van der Waals surface area contributed by atoms with Gasteiger partial charge in [0.25, 0.3) is 16.8 Å². The summed E-state index contributed by atoms with van der Waals surface area (Å²) in [5.74, 6) is 1.42. The molecule has 5 rings (SSSR count). The summed E-state index contributed by atoms with van der Waals surface area (Å²) in [5.41, 5.74) is 2.42. The number of hydrogen-bond donors (Lipinski definition) is 1. The summed E-state index contributed by atoms with van der Waals surface area (Å²) >= 11 is 1.28. The smallest absolute Gasteiger partial charge is 0.277 e. The number of non-ortho nitro benzene ring substituents is 1. The monoisotopic (exact) mass is 420 g/mol. The Labute approximate surface area is 172 Å². The SMILES string of the molecule is O=[N+]([O-])c1ccc(-c2nnc(CSc3nnc(-c4c[nH]c5ccccc45)o3)o2)cc1. The first-order valence-electron chi connectivity index (χ1n) is 8.77. The minimum absolute atomic E-state index is 0.00329. The van der Waals surface area contributed by atoms with Gasteiger partial charge in [-0.05, 0) is 18.2 Å². The lowest BCUT2D eigenvalue weighted by molar-refractivity contribution is -0.384. The molecule has 0 aliphatic heterocycles. The van der Waals surface area contributed by atoms with E-state index in [0.717, 1.165) is 16.5 Å². The van der Waals surface area contributed by atoms with Crippen molar-refractivity contribution < 1.29 is 13.8 Å². The summed E-state index contributed by atoms with van der Waals surface area (Å²) in [6.45, 7) is 0. The van der Waals surface area contributed by atoms with Gasteiger partial charge in [0.2, 0.25) is 11.8 Å². The lowest BCUT2D eigenvalue weighted by Crippen LogP contribution is -1.87. The number of fused-ring (bicyclic) bond motifs is 1.